The predicted octanol–water partition coefficient (Wildman–Crippen LogP) is 1.16. The summed E-state index contributed by atoms with van der Waals surface area (Å²) >= 11 is 0. The van der Waals surface area contributed by atoms with E-state index in [4.69, 9.17) is 10.1 Å². The minimum absolute atomic E-state index is 0.0206. The molecule has 0 atom stereocenters. The number of hydrogen-bond donors (Lipinski definition) is 2. The van der Waals surface area contributed by atoms with Crippen molar-refractivity contribution in [2.24, 2.45) is 5.92 Å². The van der Waals surface area contributed by atoms with Crippen LogP contribution in [0.4, 0.5) is 0 Å². The van der Waals surface area contributed by atoms with Gasteiger partial charge in [-0.3, -0.25) is 10.2 Å². The predicted molar refractivity (Wildman–Crippen MR) is 51.8 cm³/mol. The number of hydrogen-bond acceptors (Lipinski definition) is 3. The maximum absolute atomic E-state index is 11.1. The van der Waals surface area contributed by atoms with Crippen molar-refractivity contribution in [2.75, 3.05) is 6.61 Å². The Bertz CT molecular complexity index is 188. The second-order valence-corrected chi connectivity index (χ2v) is 3.48. The first-order valence-electron chi connectivity index (χ1n) is 4.43. The Labute approximate surface area is 79.2 Å². The van der Waals surface area contributed by atoms with E-state index in [-0.39, 0.29) is 30.4 Å². The van der Waals surface area contributed by atoms with E-state index in [0.29, 0.717) is 0 Å². The first kappa shape index (κ1) is 12.1. The van der Waals surface area contributed by atoms with Gasteiger partial charge in [0.2, 0.25) is 0 Å². The van der Waals surface area contributed by atoms with Gasteiger partial charge in [0.05, 0.1) is 6.10 Å². The van der Waals surface area contributed by atoms with E-state index in [9.17, 15) is 4.79 Å². The minimum Gasteiger partial charge on any atom is -0.369 e. The highest BCUT2D eigenvalue weighted by Gasteiger charge is 2.08. The van der Waals surface area contributed by atoms with Crippen LogP contribution >= 0.6 is 0 Å². The molecule has 0 fully saturated rings. The normalized spacial score (nSPS) is 10.6. The molecule has 76 valence electrons. The van der Waals surface area contributed by atoms with Gasteiger partial charge in [-0.15, -0.1) is 0 Å². The average Bonchev–Trinajstić information content (AvgIpc) is 2.00. The lowest BCUT2D eigenvalue weighted by Gasteiger charge is -2.10. The maximum Gasteiger partial charge on any atom is 0.251 e. The van der Waals surface area contributed by atoms with Crippen LogP contribution in [-0.2, 0) is 9.53 Å². The fourth-order valence-electron chi connectivity index (χ4n) is 0.573. The van der Waals surface area contributed by atoms with Gasteiger partial charge in [0.25, 0.3) is 5.91 Å². The molecular formula is C9H18N2O2. The molecule has 0 unspecified atom stereocenters. The fraction of sp³-hybridized carbons (Fsp3) is 0.778. The first-order chi connectivity index (χ1) is 5.93. The number of carbonyl (C=O) groups is 1. The Kier molecular flexibility index (Phi) is 5.30. The molecule has 0 aromatic rings. The molecule has 0 saturated heterocycles. The van der Waals surface area contributed by atoms with Crippen molar-refractivity contribution < 1.29 is 9.53 Å². The van der Waals surface area contributed by atoms with E-state index in [0.717, 1.165) is 0 Å². The monoisotopic (exact) mass is 186 g/mol. The van der Waals surface area contributed by atoms with Crippen molar-refractivity contribution in [2.45, 2.75) is 33.8 Å². The molecule has 2 N–H and O–H groups in total. The number of amidine groups is 1. The van der Waals surface area contributed by atoms with Crippen LogP contribution in [0.2, 0.25) is 0 Å². The molecule has 0 aromatic carbocycles. The second kappa shape index (κ2) is 5.70. The quantitative estimate of drug-likeness (QED) is 0.511. The smallest absolute Gasteiger partial charge is 0.251 e. The zero-order chi connectivity index (χ0) is 10.4. The Morgan fingerprint density at radius 1 is 1.38 bits per heavy atom. The zero-order valence-electron chi connectivity index (χ0n) is 8.68. The Morgan fingerprint density at radius 3 is 2.31 bits per heavy atom. The minimum atomic E-state index is -0.257. The fourth-order valence-corrected chi connectivity index (χ4v) is 0.573. The summed E-state index contributed by atoms with van der Waals surface area (Å²) in [6.07, 6.45) is 0.0407. The third-order valence-electron chi connectivity index (χ3n) is 1.40. The van der Waals surface area contributed by atoms with Gasteiger partial charge in [-0.05, 0) is 13.8 Å². The number of amides is 1. The largest absolute Gasteiger partial charge is 0.369 e. The van der Waals surface area contributed by atoms with Crippen LogP contribution in [0, 0.1) is 11.3 Å². The van der Waals surface area contributed by atoms with Gasteiger partial charge < -0.3 is 10.1 Å². The average molecular weight is 186 g/mol. The molecule has 0 aliphatic carbocycles. The third kappa shape index (κ3) is 6.28. The van der Waals surface area contributed by atoms with Crippen molar-refractivity contribution in [3.8, 4) is 0 Å². The van der Waals surface area contributed by atoms with Crippen molar-refractivity contribution >= 4 is 11.7 Å². The summed E-state index contributed by atoms with van der Waals surface area (Å²) in [7, 11) is 0. The molecule has 0 aliphatic heterocycles. The molecule has 0 rings (SSSR count). The van der Waals surface area contributed by atoms with Crippen LogP contribution in [0.3, 0.4) is 0 Å². The van der Waals surface area contributed by atoms with Crippen molar-refractivity contribution in [3.05, 3.63) is 0 Å². The van der Waals surface area contributed by atoms with Gasteiger partial charge in [0, 0.05) is 5.92 Å². The Hall–Kier alpha value is -0.900. The highest BCUT2D eigenvalue weighted by molar-refractivity contribution is 5.97. The lowest BCUT2D eigenvalue weighted by molar-refractivity contribution is -0.125. The van der Waals surface area contributed by atoms with Crippen LogP contribution in [0.15, 0.2) is 0 Å². The highest BCUT2D eigenvalue weighted by atomic mass is 16.5. The molecule has 0 bridgehead atoms. The summed E-state index contributed by atoms with van der Waals surface area (Å²) in [4.78, 5) is 11.1. The number of ether oxygens (including phenoxy) is 1. The second-order valence-electron chi connectivity index (χ2n) is 3.48. The highest BCUT2D eigenvalue weighted by Crippen LogP contribution is 1.92. The molecule has 4 heteroatoms. The third-order valence-corrected chi connectivity index (χ3v) is 1.40. The van der Waals surface area contributed by atoms with Gasteiger partial charge in [-0.25, -0.2) is 0 Å². The lowest BCUT2D eigenvalue weighted by atomic mass is 10.2. The molecule has 0 radical (unpaired) electrons. The zero-order valence-corrected chi connectivity index (χ0v) is 8.68. The van der Waals surface area contributed by atoms with Gasteiger partial charge in [-0.2, -0.15) is 0 Å². The first-order valence-corrected chi connectivity index (χ1v) is 4.43. The molecule has 0 aliphatic rings. The van der Waals surface area contributed by atoms with E-state index in [1.54, 1.807) is 0 Å². The molecule has 13 heavy (non-hydrogen) atoms. The van der Waals surface area contributed by atoms with E-state index in [1.165, 1.54) is 0 Å². The van der Waals surface area contributed by atoms with E-state index in [1.807, 2.05) is 27.7 Å². The van der Waals surface area contributed by atoms with E-state index in [2.05, 4.69) is 5.32 Å². The molecule has 1 amide bonds. The maximum atomic E-state index is 11.1. The molecule has 0 spiro atoms. The van der Waals surface area contributed by atoms with Crippen LogP contribution in [-0.4, -0.2) is 24.5 Å². The van der Waals surface area contributed by atoms with Crippen molar-refractivity contribution in [3.63, 3.8) is 0 Å². The molecule has 0 aromatic heterocycles. The van der Waals surface area contributed by atoms with Gasteiger partial charge in [0.15, 0.2) is 0 Å². The summed E-state index contributed by atoms with van der Waals surface area (Å²) in [5.41, 5.74) is 0. The molecule has 4 nitrogen and oxygen atoms in total. The van der Waals surface area contributed by atoms with Crippen LogP contribution in [0.25, 0.3) is 0 Å². The molecule has 0 saturated carbocycles. The standard InChI is InChI=1S/C9H18N2O2/c1-6(2)9(10)11-8(12)5-13-7(3)4/h6-7H,5H2,1-4H3,(H2,10,11,12). The number of rotatable bonds is 4. The summed E-state index contributed by atoms with van der Waals surface area (Å²) < 4.78 is 5.08. The SMILES string of the molecule is CC(C)OCC(=O)NC(=N)C(C)C. The molecule has 0 heterocycles. The number of nitrogens with one attached hydrogen (secondary N) is 2. The summed E-state index contributed by atoms with van der Waals surface area (Å²) in [5.74, 6) is 0.0211. The summed E-state index contributed by atoms with van der Waals surface area (Å²) in [6, 6.07) is 0. The topological polar surface area (TPSA) is 62.2 Å². The van der Waals surface area contributed by atoms with Gasteiger partial charge in [-0.1, -0.05) is 13.8 Å². The molecular weight excluding hydrogens is 168 g/mol. The van der Waals surface area contributed by atoms with E-state index < -0.39 is 0 Å². The summed E-state index contributed by atoms with van der Waals surface area (Å²) in [6.45, 7) is 7.45. The van der Waals surface area contributed by atoms with Crippen molar-refractivity contribution in [1.29, 1.82) is 5.41 Å². The van der Waals surface area contributed by atoms with Gasteiger partial charge >= 0.3 is 0 Å². The van der Waals surface area contributed by atoms with Crippen LogP contribution in [0.5, 0.6) is 0 Å². The number of carbonyl (C=O) groups excluding carboxylic acids is 1. The Balaban J connectivity index is 3.69. The van der Waals surface area contributed by atoms with E-state index >= 15 is 0 Å². The van der Waals surface area contributed by atoms with Crippen molar-refractivity contribution in [1.82, 2.24) is 5.32 Å². The summed E-state index contributed by atoms with van der Waals surface area (Å²) in [5, 5.41) is 9.83. The Morgan fingerprint density at radius 2 is 1.92 bits per heavy atom. The lowest BCUT2D eigenvalue weighted by Crippen LogP contribution is -2.36. The van der Waals surface area contributed by atoms with Crippen LogP contribution in [0.1, 0.15) is 27.7 Å². The van der Waals surface area contributed by atoms with Crippen LogP contribution < -0.4 is 5.32 Å². The van der Waals surface area contributed by atoms with Gasteiger partial charge in [0.1, 0.15) is 12.4 Å².